The Bertz CT molecular complexity index is 464. The zero-order valence-electron chi connectivity index (χ0n) is 10.6. The van der Waals surface area contributed by atoms with Crippen molar-refractivity contribution in [3.63, 3.8) is 0 Å². The Labute approximate surface area is 107 Å². The Morgan fingerprint density at radius 3 is 3.06 bits per heavy atom. The molecular formula is C14H20N2S. The van der Waals surface area contributed by atoms with Crippen molar-refractivity contribution in [3.05, 3.63) is 29.3 Å². The van der Waals surface area contributed by atoms with Gasteiger partial charge in [0.25, 0.3) is 0 Å². The van der Waals surface area contributed by atoms with Gasteiger partial charge in [0.15, 0.2) is 0 Å². The fraction of sp³-hybridized carbons (Fsp3) is 0.500. The first kappa shape index (κ1) is 12.5. The summed E-state index contributed by atoms with van der Waals surface area (Å²) in [5, 5.41) is 5.50. The molecule has 0 saturated carbocycles. The smallest absolute Gasteiger partial charge is 0.0809 e. The Morgan fingerprint density at radius 2 is 2.29 bits per heavy atom. The number of nitrogens with zero attached hydrogens (tertiary/aromatic N) is 1. The van der Waals surface area contributed by atoms with Crippen molar-refractivity contribution in [2.75, 3.05) is 7.05 Å². The van der Waals surface area contributed by atoms with E-state index in [1.807, 2.05) is 13.2 Å². The van der Waals surface area contributed by atoms with Crippen LogP contribution in [0, 0.1) is 0 Å². The molecule has 2 aromatic rings. The van der Waals surface area contributed by atoms with E-state index in [1.165, 1.54) is 35.9 Å². The SMILES string of the molecule is CCCCCC(NC)c1cnc2ccsc2c1. The largest absolute Gasteiger partial charge is 0.313 e. The number of hydrogen-bond donors (Lipinski definition) is 1. The molecule has 0 fully saturated rings. The number of nitrogens with one attached hydrogen (secondary N) is 1. The maximum atomic E-state index is 4.51. The third-order valence-electron chi connectivity index (χ3n) is 3.17. The molecule has 0 radical (unpaired) electrons. The van der Waals surface area contributed by atoms with Crippen molar-refractivity contribution >= 4 is 21.6 Å². The zero-order valence-corrected chi connectivity index (χ0v) is 11.4. The van der Waals surface area contributed by atoms with Gasteiger partial charge in [0, 0.05) is 12.2 Å². The Kier molecular flexibility index (Phi) is 4.51. The van der Waals surface area contributed by atoms with Gasteiger partial charge in [-0.15, -0.1) is 11.3 Å². The minimum atomic E-state index is 0.445. The monoisotopic (exact) mass is 248 g/mol. The van der Waals surface area contributed by atoms with Crippen LogP contribution in [0.5, 0.6) is 0 Å². The highest BCUT2D eigenvalue weighted by Gasteiger charge is 2.10. The maximum Gasteiger partial charge on any atom is 0.0809 e. The number of aromatic nitrogens is 1. The van der Waals surface area contributed by atoms with Crippen LogP contribution in [0.15, 0.2) is 23.7 Å². The molecule has 0 aliphatic carbocycles. The van der Waals surface area contributed by atoms with Crippen LogP contribution in [-0.4, -0.2) is 12.0 Å². The lowest BCUT2D eigenvalue weighted by Crippen LogP contribution is -2.16. The normalized spacial score (nSPS) is 13.1. The lowest BCUT2D eigenvalue weighted by molar-refractivity contribution is 0.511. The van der Waals surface area contributed by atoms with E-state index >= 15 is 0 Å². The standard InChI is InChI=1S/C14H20N2S/c1-3-4-5-6-12(15-2)11-9-14-13(16-10-11)7-8-17-14/h7-10,12,15H,3-6H2,1-2H3. The lowest BCUT2D eigenvalue weighted by Gasteiger charge is -2.16. The predicted molar refractivity (Wildman–Crippen MR) is 75.6 cm³/mol. The van der Waals surface area contributed by atoms with Gasteiger partial charge in [-0.2, -0.15) is 0 Å². The Hall–Kier alpha value is -0.930. The minimum Gasteiger partial charge on any atom is -0.313 e. The highest BCUT2D eigenvalue weighted by atomic mass is 32.1. The summed E-state index contributed by atoms with van der Waals surface area (Å²) in [5.74, 6) is 0. The van der Waals surface area contributed by atoms with Crippen LogP contribution in [0.25, 0.3) is 10.2 Å². The average Bonchev–Trinajstić information content (AvgIpc) is 2.82. The summed E-state index contributed by atoms with van der Waals surface area (Å²) in [6.45, 7) is 2.24. The van der Waals surface area contributed by atoms with Crippen LogP contribution < -0.4 is 5.32 Å². The average molecular weight is 248 g/mol. The second-order valence-electron chi connectivity index (χ2n) is 4.41. The summed E-state index contributed by atoms with van der Waals surface area (Å²) in [4.78, 5) is 4.51. The molecule has 2 heterocycles. The summed E-state index contributed by atoms with van der Waals surface area (Å²) >= 11 is 1.77. The molecule has 1 atom stereocenters. The number of pyridine rings is 1. The van der Waals surface area contributed by atoms with Crippen molar-refractivity contribution in [2.24, 2.45) is 0 Å². The predicted octanol–water partition coefficient (Wildman–Crippen LogP) is 4.14. The molecule has 0 aliphatic heterocycles. The second kappa shape index (κ2) is 6.12. The van der Waals surface area contributed by atoms with Gasteiger partial charge < -0.3 is 5.32 Å². The van der Waals surface area contributed by atoms with E-state index in [-0.39, 0.29) is 0 Å². The van der Waals surface area contributed by atoms with E-state index in [2.05, 4.69) is 34.7 Å². The number of hydrogen-bond acceptors (Lipinski definition) is 3. The van der Waals surface area contributed by atoms with Crippen LogP contribution in [0.2, 0.25) is 0 Å². The quantitative estimate of drug-likeness (QED) is 0.777. The summed E-state index contributed by atoms with van der Waals surface area (Å²) < 4.78 is 1.29. The molecule has 0 saturated heterocycles. The van der Waals surface area contributed by atoms with E-state index in [9.17, 15) is 0 Å². The molecule has 2 nitrogen and oxygen atoms in total. The molecule has 0 bridgehead atoms. The first-order chi connectivity index (χ1) is 8.35. The molecule has 1 unspecified atom stereocenters. The molecule has 1 N–H and O–H groups in total. The summed E-state index contributed by atoms with van der Waals surface area (Å²) in [5.41, 5.74) is 2.43. The van der Waals surface area contributed by atoms with Gasteiger partial charge in [0.2, 0.25) is 0 Å². The van der Waals surface area contributed by atoms with Crippen LogP contribution in [0.1, 0.15) is 44.2 Å². The van der Waals surface area contributed by atoms with E-state index in [4.69, 9.17) is 0 Å². The number of rotatable bonds is 6. The number of fused-ring (bicyclic) bond motifs is 1. The van der Waals surface area contributed by atoms with Crippen LogP contribution in [0.3, 0.4) is 0 Å². The molecule has 0 aliphatic rings. The molecule has 3 heteroatoms. The highest BCUT2D eigenvalue weighted by Crippen LogP contribution is 2.25. The first-order valence-electron chi connectivity index (χ1n) is 6.35. The van der Waals surface area contributed by atoms with Gasteiger partial charge in [-0.1, -0.05) is 26.2 Å². The number of thiophene rings is 1. The maximum absolute atomic E-state index is 4.51. The van der Waals surface area contributed by atoms with Crippen molar-refractivity contribution in [3.8, 4) is 0 Å². The molecule has 0 spiro atoms. The van der Waals surface area contributed by atoms with Gasteiger partial charge in [0.1, 0.15) is 0 Å². The van der Waals surface area contributed by atoms with E-state index in [1.54, 1.807) is 11.3 Å². The van der Waals surface area contributed by atoms with Crippen LogP contribution in [0.4, 0.5) is 0 Å². The fourth-order valence-electron chi connectivity index (χ4n) is 2.13. The van der Waals surface area contributed by atoms with Crippen molar-refractivity contribution < 1.29 is 0 Å². The van der Waals surface area contributed by atoms with Gasteiger partial charge in [-0.05, 0) is 36.5 Å². The van der Waals surface area contributed by atoms with Crippen molar-refractivity contribution in [2.45, 2.75) is 38.6 Å². The van der Waals surface area contributed by atoms with E-state index in [0.29, 0.717) is 6.04 Å². The topological polar surface area (TPSA) is 24.9 Å². The molecule has 0 amide bonds. The summed E-state index contributed by atoms with van der Waals surface area (Å²) in [6, 6.07) is 4.80. The molecule has 92 valence electrons. The summed E-state index contributed by atoms with van der Waals surface area (Å²) in [6.07, 6.45) is 7.08. The molecule has 2 aromatic heterocycles. The fourth-order valence-corrected chi connectivity index (χ4v) is 2.92. The van der Waals surface area contributed by atoms with Crippen LogP contribution in [-0.2, 0) is 0 Å². The molecule has 2 rings (SSSR count). The first-order valence-corrected chi connectivity index (χ1v) is 7.23. The van der Waals surface area contributed by atoms with Gasteiger partial charge in [0.05, 0.1) is 10.2 Å². The van der Waals surface area contributed by atoms with Crippen molar-refractivity contribution in [1.29, 1.82) is 0 Å². The van der Waals surface area contributed by atoms with Gasteiger partial charge in [-0.3, -0.25) is 4.98 Å². The molecule has 17 heavy (non-hydrogen) atoms. The lowest BCUT2D eigenvalue weighted by atomic mass is 10.0. The highest BCUT2D eigenvalue weighted by molar-refractivity contribution is 7.17. The van der Waals surface area contributed by atoms with Gasteiger partial charge >= 0.3 is 0 Å². The second-order valence-corrected chi connectivity index (χ2v) is 5.36. The Morgan fingerprint density at radius 1 is 1.41 bits per heavy atom. The van der Waals surface area contributed by atoms with Crippen LogP contribution >= 0.6 is 11.3 Å². The molecule has 0 aromatic carbocycles. The van der Waals surface area contributed by atoms with E-state index in [0.717, 1.165) is 5.52 Å². The zero-order chi connectivity index (χ0) is 12.1. The Balaban J connectivity index is 2.11. The van der Waals surface area contributed by atoms with Gasteiger partial charge in [-0.25, -0.2) is 0 Å². The summed E-state index contributed by atoms with van der Waals surface area (Å²) in [7, 11) is 2.04. The number of unbranched alkanes of at least 4 members (excludes halogenated alkanes) is 2. The van der Waals surface area contributed by atoms with E-state index < -0.39 is 0 Å². The third-order valence-corrected chi connectivity index (χ3v) is 4.02. The van der Waals surface area contributed by atoms with Crippen molar-refractivity contribution in [1.82, 2.24) is 10.3 Å². The minimum absolute atomic E-state index is 0.445. The molecular weight excluding hydrogens is 228 g/mol. The third kappa shape index (κ3) is 3.05.